The summed E-state index contributed by atoms with van der Waals surface area (Å²) in [5.41, 5.74) is 12.4. The zero-order valence-corrected chi connectivity index (χ0v) is 19.4. The van der Waals surface area contributed by atoms with Crippen LogP contribution in [-0.4, -0.2) is 50.4 Å². The number of nitrogens with zero attached hydrogens (tertiary/aromatic N) is 2. The van der Waals surface area contributed by atoms with E-state index < -0.39 is 0 Å². The van der Waals surface area contributed by atoms with Gasteiger partial charge >= 0.3 is 0 Å². The first-order chi connectivity index (χ1) is 15.6. The van der Waals surface area contributed by atoms with Crippen LogP contribution in [0.4, 0.5) is 0 Å². The Morgan fingerprint density at radius 1 is 1.03 bits per heavy atom. The van der Waals surface area contributed by atoms with Crippen LogP contribution in [0.5, 0.6) is 5.75 Å². The monoisotopic (exact) mass is 443 g/mol. The number of hydrogen-bond donors (Lipinski definition) is 5. The molecular weight excluding hydrogens is 402 g/mol. The summed E-state index contributed by atoms with van der Waals surface area (Å²) in [4.78, 5) is 8.87. The molecule has 0 aromatic heterocycles. The highest BCUT2D eigenvalue weighted by molar-refractivity contribution is 5.99. The second-order valence-electron chi connectivity index (χ2n) is 8.18. The molecular formula is C24H41N7O. The maximum absolute atomic E-state index is 7.20. The van der Waals surface area contributed by atoms with Crippen molar-refractivity contribution in [3.8, 4) is 5.75 Å². The predicted octanol–water partition coefficient (Wildman–Crippen LogP) is 3.16. The first-order valence-corrected chi connectivity index (χ1v) is 12.0. The van der Waals surface area contributed by atoms with Gasteiger partial charge in [0, 0.05) is 44.6 Å². The number of benzene rings is 1. The average Bonchev–Trinajstić information content (AvgIpc) is 2.81. The number of hydrogen-bond acceptors (Lipinski definition) is 5. The molecule has 0 bridgehead atoms. The SMILES string of the molecule is N=C(N)CCCCCCCCCNC(N)=NCCCOc1ccc(C2=NCCCN2)cc1. The summed E-state index contributed by atoms with van der Waals surface area (Å²) in [6.07, 6.45) is 10.9. The van der Waals surface area contributed by atoms with E-state index in [0.717, 1.165) is 68.9 Å². The minimum atomic E-state index is 0.302. The van der Waals surface area contributed by atoms with E-state index in [-0.39, 0.29) is 0 Å². The van der Waals surface area contributed by atoms with Crippen LogP contribution in [-0.2, 0) is 0 Å². The highest BCUT2D eigenvalue weighted by atomic mass is 16.5. The highest BCUT2D eigenvalue weighted by Gasteiger charge is 2.06. The number of ether oxygens (including phenoxy) is 1. The third-order valence-corrected chi connectivity index (χ3v) is 5.31. The standard InChI is InChI=1S/C24H41N7O/c25-22(26)10-6-4-2-1-3-5-7-15-30-24(27)31-18-9-19-32-21-13-11-20(12-14-21)23-28-16-8-17-29-23/h11-14H,1-10,15-19H2,(H3,25,26)(H,28,29)(H3,27,30,31). The average molecular weight is 444 g/mol. The third kappa shape index (κ3) is 11.6. The van der Waals surface area contributed by atoms with Gasteiger partial charge in [-0.3, -0.25) is 15.4 Å². The lowest BCUT2D eigenvalue weighted by Gasteiger charge is -2.15. The molecule has 7 N–H and O–H groups in total. The van der Waals surface area contributed by atoms with Crippen LogP contribution in [0.2, 0.25) is 0 Å². The Hall–Kier alpha value is -2.77. The normalized spacial score (nSPS) is 13.9. The van der Waals surface area contributed by atoms with E-state index in [1.54, 1.807) is 0 Å². The molecule has 2 rings (SSSR count). The van der Waals surface area contributed by atoms with E-state index in [2.05, 4.69) is 20.6 Å². The molecule has 32 heavy (non-hydrogen) atoms. The summed E-state index contributed by atoms with van der Waals surface area (Å²) in [6, 6.07) is 8.06. The molecule has 1 aromatic carbocycles. The Bertz CT molecular complexity index is 716. The third-order valence-electron chi connectivity index (χ3n) is 5.31. The van der Waals surface area contributed by atoms with Crippen molar-refractivity contribution in [1.82, 2.24) is 10.6 Å². The van der Waals surface area contributed by atoms with Crippen molar-refractivity contribution < 1.29 is 4.74 Å². The Morgan fingerprint density at radius 2 is 1.75 bits per heavy atom. The van der Waals surface area contributed by atoms with Crippen molar-refractivity contribution in [3.05, 3.63) is 29.8 Å². The van der Waals surface area contributed by atoms with Crippen LogP contribution in [0.15, 0.2) is 34.3 Å². The summed E-state index contributed by atoms with van der Waals surface area (Å²) in [5.74, 6) is 2.65. The van der Waals surface area contributed by atoms with E-state index >= 15 is 0 Å². The van der Waals surface area contributed by atoms with Crippen LogP contribution >= 0.6 is 0 Å². The summed E-state index contributed by atoms with van der Waals surface area (Å²) >= 11 is 0. The minimum Gasteiger partial charge on any atom is -0.494 e. The van der Waals surface area contributed by atoms with Crippen molar-refractivity contribution in [2.24, 2.45) is 21.5 Å². The summed E-state index contributed by atoms with van der Waals surface area (Å²) in [7, 11) is 0. The van der Waals surface area contributed by atoms with Crippen molar-refractivity contribution in [2.45, 2.75) is 64.2 Å². The van der Waals surface area contributed by atoms with E-state index in [4.69, 9.17) is 21.6 Å². The molecule has 8 nitrogen and oxygen atoms in total. The lowest BCUT2D eigenvalue weighted by molar-refractivity contribution is 0.313. The largest absolute Gasteiger partial charge is 0.494 e. The van der Waals surface area contributed by atoms with Gasteiger partial charge in [-0.15, -0.1) is 0 Å². The molecule has 0 saturated carbocycles. The fraction of sp³-hybridized carbons (Fsp3) is 0.625. The Balaban J connectivity index is 1.44. The van der Waals surface area contributed by atoms with Crippen molar-refractivity contribution in [2.75, 3.05) is 32.8 Å². The number of guanidine groups is 1. The van der Waals surface area contributed by atoms with Gasteiger partial charge in [0.15, 0.2) is 5.96 Å². The van der Waals surface area contributed by atoms with Crippen molar-refractivity contribution >= 4 is 17.6 Å². The van der Waals surface area contributed by atoms with Gasteiger partial charge in [0.25, 0.3) is 0 Å². The zero-order chi connectivity index (χ0) is 22.9. The van der Waals surface area contributed by atoms with Gasteiger partial charge in [0.1, 0.15) is 11.6 Å². The van der Waals surface area contributed by atoms with Gasteiger partial charge in [-0.25, -0.2) is 0 Å². The van der Waals surface area contributed by atoms with E-state index in [1.807, 2.05) is 24.3 Å². The molecule has 178 valence electrons. The molecule has 0 radical (unpaired) electrons. The number of amidine groups is 2. The van der Waals surface area contributed by atoms with Gasteiger partial charge in [-0.05, 0) is 43.5 Å². The minimum absolute atomic E-state index is 0.302. The second kappa shape index (κ2) is 15.9. The molecule has 0 spiro atoms. The fourth-order valence-electron chi connectivity index (χ4n) is 3.49. The molecule has 1 heterocycles. The van der Waals surface area contributed by atoms with Crippen LogP contribution in [0.25, 0.3) is 0 Å². The van der Waals surface area contributed by atoms with Crippen LogP contribution in [0.1, 0.15) is 69.8 Å². The molecule has 0 unspecified atom stereocenters. The van der Waals surface area contributed by atoms with Gasteiger partial charge in [-0.2, -0.15) is 0 Å². The molecule has 1 aliphatic rings. The zero-order valence-electron chi connectivity index (χ0n) is 19.4. The van der Waals surface area contributed by atoms with E-state index in [0.29, 0.717) is 24.9 Å². The van der Waals surface area contributed by atoms with Gasteiger partial charge in [0.05, 0.1) is 12.4 Å². The maximum Gasteiger partial charge on any atom is 0.188 e. The summed E-state index contributed by atoms with van der Waals surface area (Å²) in [6.45, 7) is 4.01. The maximum atomic E-state index is 7.20. The quantitative estimate of drug-likeness (QED) is 0.152. The number of unbranched alkanes of at least 4 members (excludes halogenated alkanes) is 6. The highest BCUT2D eigenvalue weighted by Crippen LogP contribution is 2.13. The second-order valence-corrected chi connectivity index (χ2v) is 8.18. The van der Waals surface area contributed by atoms with E-state index in [9.17, 15) is 0 Å². The first kappa shape index (κ1) is 25.5. The summed E-state index contributed by atoms with van der Waals surface area (Å²) < 4.78 is 5.79. The number of nitrogens with one attached hydrogen (secondary N) is 3. The fourth-order valence-corrected chi connectivity index (χ4v) is 3.49. The molecule has 0 fully saturated rings. The van der Waals surface area contributed by atoms with Crippen LogP contribution < -0.4 is 26.8 Å². The van der Waals surface area contributed by atoms with Gasteiger partial charge < -0.3 is 26.8 Å². The summed E-state index contributed by atoms with van der Waals surface area (Å²) in [5, 5.41) is 13.7. The Labute approximate surface area is 192 Å². The number of aliphatic imine (C=N–C) groups is 2. The lowest BCUT2D eigenvalue weighted by Crippen LogP contribution is -2.32. The molecule has 0 amide bonds. The molecule has 0 saturated heterocycles. The molecule has 0 aliphatic carbocycles. The molecule has 0 atom stereocenters. The topological polar surface area (TPSA) is 134 Å². The molecule has 8 heteroatoms. The number of nitrogens with two attached hydrogens (primary N) is 2. The smallest absolute Gasteiger partial charge is 0.188 e. The van der Waals surface area contributed by atoms with Crippen LogP contribution in [0, 0.1) is 5.41 Å². The predicted molar refractivity (Wildman–Crippen MR) is 134 cm³/mol. The van der Waals surface area contributed by atoms with Crippen molar-refractivity contribution in [1.29, 1.82) is 5.41 Å². The Morgan fingerprint density at radius 3 is 2.44 bits per heavy atom. The number of rotatable bonds is 16. The lowest BCUT2D eigenvalue weighted by atomic mass is 10.1. The van der Waals surface area contributed by atoms with Crippen LogP contribution in [0.3, 0.4) is 0 Å². The van der Waals surface area contributed by atoms with Crippen molar-refractivity contribution in [3.63, 3.8) is 0 Å². The van der Waals surface area contributed by atoms with E-state index in [1.165, 1.54) is 32.1 Å². The van der Waals surface area contributed by atoms with Gasteiger partial charge in [-0.1, -0.05) is 32.1 Å². The molecule has 1 aromatic rings. The Kier molecular flexibility index (Phi) is 12.7. The molecule has 1 aliphatic heterocycles. The van der Waals surface area contributed by atoms with Gasteiger partial charge in [0.2, 0.25) is 0 Å². The first-order valence-electron chi connectivity index (χ1n) is 12.0.